The van der Waals surface area contributed by atoms with E-state index in [1.807, 2.05) is 18.7 Å². The number of nitrogens with one attached hydrogen (secondary N) is 1. The van der Waals surface area contributed by atoms with E-state index in [9.17, 15) is 9.90 Å². The topological polar surface area (TPSA) is 52.6 Å². The third kappa shape index (κ3) is 4.19. The van der Waals surface area contributed by atoms with Gasteiger partial charge in [0.1, 0.15) is 0 Å². The van der Waals surface area contributed by atoms with E-state index in [0.29, 0.717) is 25.0 Å². The van der Waals surface area contributed by atoms with Crippen molar-refractivity contribution in [3.63, 3.8) is 0 Å². The summed E-state index contributed by atoms with van der Waals surface area (Å²) in [5.74, 6) is 0.422. The van der Waals surface area contributed by atoms with Crippen molar-refractivity contribution < 1.29 is 9.90 Å². The molecule has 0 spiro atoms. The van der Waals surface area contributed by atoms with Gasteiger partial charge >= 0.3 is 0 Å². The molecule has 1 aliphatic carbocycles. The molecule has 1 saturated heterocycles. The highest BCUT2D eigenvalue weighted by Gasteiger charge is 2.32. The number of hydrogen-bond donors (Lipinski definition) is 2. The lowest BCUT2D eigenvalue weighted by Gasteiger charge is -2.41. The fourth-order valence-corrected chi connectivity index (χ4v) is 3.64. The van der Waals surface area contributed by atoms with Gasteiger partial charge in [0, 0.05) is 37.5 Å². The highest BCUT2D eigenvalue weighted by molar-refractivity contribution is 5.76. The standard InChI is InChI=1S/C16H30N2O2/c1-3-16(20)18-10-13(12(2)19)9-15(11-18)17-14-7-5-4-6-8-14/h12-15,17,19H,3-11H2,1-2H3. The summed E-state index contributed by atoms with van der Waals surface area (Å²) in [5.41, 5.74) is 0. The van der Waals surface area contributed by atoms with Gasteiger partial charge in [-0.15, -0.1) is 0 Å². The number of rotatable bonds is 4. The van der Waals surface area contributed by atoms with Gasteiger partial charge in [0.2, 0.25) is 5.91 Å². The van der Waals surface area contributed by atoms with Crippen LogP contribution in [0.5, 0.6) is 0 Å². The van der Waals surface area contributed by atoms with Crippen LogP contribution in [-0.4, -0.2) is 47.2 Å². The number of amides is 1. The number of carbonyl (C=O) groups excluding carboxylic acids is 1. The van der Waals surface area contributed by atoms with Crippen LogP contribution in [0.15, 0.2) is 0 Å². The Balaban J connectivity index is 1.93. The molecule has 2 N–H and O–H groups in total. The summed E-state index contributed by atoms with van der Waals surface area (Å²) in [7, 11) is 0. The number of aliphatic hydroxyl groups excluding tert-OH is 1. The molecular weight excluding hydrogens is 252 g/mol. The first kappa shape index (κ1) is 15.8. The average molecular weight is 282 g/mol. The van der Waals surface area contributed by atoms with Crippen LogP contribution in [0, 0.1) is 5.92 Å². The van der Waals surface area contributed by atoms with Crippen molar-refractivity contribution in [1.29, 1.82) is 0 Å². The van der Waals surface area contributed by atoms with Gasteiger partial charge < -0.3 is 15.3 Å². The zero-order valence-electron chi connectivity index (χ0n) is 13.0. The molecule has 0 aromatic rings. The number of likely N-dealkylation sites (tertiary alicyclic amines) is 1. The van der Waals surface area contributed by atoms with Crippen molar-refractivity contribution in [1.82, 2.24) is 10.2 Å². The second-order valence-electron chi connectivity index (χ2n) is 6.59. The van der Waals surface area contributed by atoms with Gasteiger partial charge in [-0.2, -0.15) is 0 Å². The molecule has 4 heteroatoms. The van der Waals surface area contributed by atoms with Crippen LogP contribution in [0.1, 0.15) is 58.8 Å². The van der Waals surface area contributed by atoms with Crippen LogP contribution in [0.4, 0.5) is 0 Å². The average Bonchev–Trinajstić information content (AvgIpc) is 2.47. The maximum atomic E-state index is 12.0. The molecule has 1 heterocycles. The first-order valence-electron chi connectivity index (χ1n) is 8.32. The minimum atomic E-state index is -0.335. The normalized spacial score (nSPS) is 30.2. The van der Waals surface area contributed by atoms with Crippen molar-refractivity contribution in [2.45, 2.75) is 77.0 Å². The highest BCUT2D eigenvalue weighted by Crippen LogP contribution is 2.24. The third-order valence-corrected chi connectivity index (χ3v) is 4.90. The van der Waals surface area contributed by atoms with Crippen molar-refractivity contribution in [3.05, 3.63) is 0 Å². The van der Waals surface area contributed by atoms with E-state index in [1.54, 1.807) is 0 Å². The molecule has 116 valence electrons. The van der Waals surface area contributed by atoms with Gasteiger partial charge in [0.25, 0.3) is 0 Å². The van der Waals surface area contributed by atoms with E-state index < -0.39 is 0 Å². The van der Waals surface area contributed by atoms with E-state index in [-0.39, 0.29) is 17.9 Å². The van der Waals surface area contributed by atoms with Gasteiger partial charge in [-0.05, 0) is 26.2 Å². The summed E-state index contributed by atoms with van der Waals surface area (Å²) in [5, 5.41) is 13.7. The number of carbonyl (C=O) groups is 1. The molecule has 4 nitrogen and oxygen atoms in total. The van der Waals surface area contributed by atoms with Gasteiger partial charge in [0.05, 0.1) is 6.10 Å². The lowest BCUT2D eigenvalue weighted by Crippen LogP contribution is -2.55. The zero-order chi connectivity index (χ0) is 14.5. The Kier molecular flexibility index (Phi) is 5.85. The largest absolute Gasteiger partial charge is 0.393 e. The summed E-state index contributed by atoms with van der Waals surface area (Å²) >= 11 is 0. The van der Waals surface area contributed by atoms with Gasteiger partial charge in [-0.3, -0.25) is 4.79 Å². The maximum absolute atomic E-state index is 12.0. The third-order valence-electron chi connectivity index (χ3n) is 4.90. The highest BCUT2D eigenvalue weighted by atomic mass is 16.3. The Morgan fingerprint density at radius 1 is 1.25 bits per heavy atom. The van der Waals surface area contributed by atoms with Crippen LogP contribution in [0.25, 0.3) is 0 Å². The number of piperidine rings is 1. The van der Waals surface area contributed by atoms with Crippen molar-refractivity contribution in [2.24, 2.45) is 5.92 Å². The molecule has 0 aromatic carbocycles. The number of hydrogen-bond acceptors (Lipinski definition) is 3. The molecule has 1 amide bonds. The summed E-state index contributed by atoms with van der Waals surface area (Å²) in [4.78, 5) is 13.9. The summed E-state index contributed by atoms with van der Waals surface area (Å²) in [6.45, 7) is 5.29. The minimum absolute atomic E-state index is 0.209. The molecule has 3 unspecified atom stereocenters. The molecule has 0 bridgehead atoms. The zero-order valence-corrected chi connectivity index (χ0v) is 13.0. The van der Waals surface area contributed by atoms with Gasteiger partial charge in [-0.25, -0.2) is 0 Å². The quantitative estimate of drug-likeness (QED) is 0.828. The molecule has 2 rings (SSSR count). The number of aliphatic hydroxyl groups is 1. The smallest absolute Gasteiger partial charge is 0.222 e. The second-order valence-corrected chi connectivity index (χ2v) is 6.59. The Bertz CT molecular complexity index is 314. The molecule has 20 heavy (non-hydrogen) atoms. The van der Waals surface area contributed by atoms with Crippen LogP contribution in [0.3, 0.4) is 0 Å². The predicted molar refractivity (Wildman–Crippen MR) is 80.5 cm³/mol. The molecular formula is C16H30N2O2. The molecule has 1 aliphatic heterocycles. The monoisotopic (exact) mass is 282 g/mol. The number of nitrogens with zero attached hydrogens (tertiary/aromatic N) is 1. The van der Waals surface area contributed by atoms with E-state index >= 15 is 0 Å². The van der Waals surface area contributed by atoms with Gasteiger partial charge in [-0.1, -0.05) is 26.2 Å². The van der Waals surface area contributed by atoms with Crippen molar-refractivity contribution in [3.8, 4) is 0 Å². The summed E-state index contributed by atoms with van der Waals surface area (Å²) < 4.78 is 0. The van der Waals surface area contributed by atoms with Crippen LogP contribution in [-0.2, 0) is 4.79 Å². The van der Waals surface area contributed by atoms with E-state index in [1.165, 1.54) is 32.1 Å². The van der Waals surface area contributed by atoms with Crippen molar-refractivity contribution in [2.75, 3.05) is 13.1 Å². The molecule has 2 aliphatic rings. The van der Waals surface area contributed by atoms with Crippen LogP contribution >= 0.6 is 0 Å². The summed E-state index contributed by atoms with van der Waals surface area (Å²) in [6.07, 6.45) is 7.74. The molecule has 0 aromatic heterocycles. The van der Waals surface area contributed by atoms with E-state index in [4.69, 9.17) is 0 Å². The fraction of sp³-hybridized carbons (Fsp3) is 0.938. The SMILES string of the molecule is CCC(=O)N1CC(NC2CCCCC2)CC(C(C)O)C1. The summed E-state index contributed by atoms with van der Waals surface area (Å²) in [6, 6.07) is 0.960. The fourth-order valence-electron chi connectivity index (χ4n) is 3.64. The Morgan fingerprint density at radius 3 is 2.55 bits per heavy atom. The van der Waals surface area contributed by atoms with E-state index in [2.05, 4.69) is 5.32 Å². The van der Waals surface area contributed by atoms with Crippen LogP contribution < -0.4 is 5.32 Å². The molecule has 1 saturated carbocycles. The lowest BCUT2D eigenvalue weighted by molar-refractivity contribution is -0.134. The lowest BCUT2D eigenvalue weighted by atomic mass is 9.88. The molecule has 2 fully saturated rings. The Morgan fingerprint density at radius 2 is 1.95 bits per heavy atom. The maximum Gasteiger partial charge on any atom is 0.222 e. The molecule has 0 radical (unpaired) electrons. The Labute approximate surface area is 122 Å². The molecule has 3 atom stereocenters. The first-order valence-corrected chi connectivity index (χ1v) is 8.32. The van der Waals surface area contributed by atoms with Gasteiger partial charge in [0.15, 0.2) is 0 Å². The Hall–Kier alpha value is -0.610. The second kappa shape index (κ2) is 7.41. The van der Waals surface area contributed by atoms with Crippen molar-refractivity contribution >= 4 is 5.91 Å². The van der Waals surface area contributed by atoms with E-state index in [0.717, 1.165) is 13.0 Å². The minimum Gasteiger partial charge on any atom is -0.393 e. The first-order chi connectivity index (χ1) is 9.60. The van der Waals surface area contributed by atoms with Crippen LogP contribution in [0.2, 0.25) is 0 Å². The predicted octanol–water partition coefficient (Wildman–Crippen LogP) is 1.92.